The SMILES string of the molecule is CCC(C)n1ncc2c(Cl)cncc21. The lowest BCUT2D eigenvalue weighted by Crippen LogP contribution is -2.05. The van der Waals surface area contributed by atoms with Crippen molar-refractivity contribution in [2.45, 2.75) is 26.3 Å². The molecule has 4 heteroatoms. The zero-order valence-corrected chi connectivity index (χ0v) is 8.99. The van der Waals surface area contributed by atoms with E-state index in [0.717, 1.165) is 17.3 Å². The predicted octanol–water partition coefficient (Wildman–Crippen LogP) is 3.06. The van der Waals surface area contributed by atoms with E-state index in [4.69, 9.17) is 11.6 Å². The maximum absolute atomic E-state index is 6.00. The van der Waals surface area contributed by atoms with Crippen LogP contribution in [0.15, 0.2) is 18.6 Å². The molecule has 2 heterocycles. The van der Waals surface area contributed by atoms with Crippen molar-refractivity contribution in [3.8, 4) is 0 Å². The second-order valence-corrected chi connectivity index (χ2v) is 3.81. The molecule has 0 fully saturated rings. The highest BCUT2D eigenvalue weighted by atomic mass is 35.5. The fourth-order valence-corrected chi connectivity index (χ4v) is 1.65. The Hall–Kier alpha value is -1.09. The molecule has 0 saturated carbocycles. The highest BCUT2D eigenvalue weighted by Crippen LogP contribution is 2.24. The molecule has 74 valence electrons. The van der Waals surface area contributed by atoms with Gasteiger partial charge in [0, 0.05) is 17.6 Å². The van der Waals surface area contributed by atoms with Gasteiger partial charge in [0.05, 0.1) is 22.9 Å². The van der Waals surface area contributed by atoms with Crippen LogP contribution in [0.2, 0.25) is 5.02 Å². The number of hydrogen-bond acceptors (Lipinski definition) is 2. The summed E-state index contributed by atoms with van der Waals surface area (Å²) in [7, 11) is 0. The number of aromatic nitrogens is 3. The summed E-state index contributed by atoms with van der Waals surface area (Å²) in [6, 6.07) is 0.382. The zero-order chi connectivity index (χ0) is 10.1. The minimum atomic E-state index is 0.382. The van der Waals surface area contributed by atoms with Crippen molar-refractivity contribution in [2.24, 2.45) is 0 Å². The Morgan fingerprint density at radius 2 is 2.21 bits per heavy atom. The first-order valence-corrected chi connectivity index (χ1v) is 5.08. The summed E-state index contributed by atoms with van der Waals surface area (Å²) in [5, 5.41) is 5.96. The molecule has 2 rings (SSSR count). The fraction of sp³-hybridized carbons (Fsp3) is 0.400. The van der Waals surface area contributed by atoms with Gasteiger partial charge in [-0.3, -0.25) is 9.67 Å². The number of fused-ring (bicyclic) bond motifs is 1. The van der Waals surface area contributed by atoms with Crippen LogP contribution in [0.25, 0.3) is 10.9 Å². The fourth-order valence-electron chi connectivity index (χ4n) is 1.45. The van der Waals surface area contributed by atoms with Crippen molar-refractivity contribution in [3.63, 3.8) is 0 Å². The van der Waals surface area contributed by atoms with E-state index in [1.165, 1.54) is 0 Å². The topological polar surface area (TPSA) is 30.7 Å². The molecule has 0 aliphatic carbocycles. The van der Waals surface area contributed by atoms with Crippen molar-refractivity contribution in [1.82, 2.24) is 14.8 Å². The Morgan fingerprint density at radius 1 is 1.43 bits per heavy atom. The average Bonchev–Trinajstić information content (AvgIpc) is 2.62. The van der Waals surface area contributed by atoms with Gasteiger partial charge in [-0.25, -0.2) is 0 Å². The standard InChI is InChI=1S/C10H12ClN3/c1-3-7(2)14-10-6-12-5-9(11)8(10)4-13-14/h4-7H,3H2,1-2H3. The third-order valence-electron chi connectivity index (χ3n) is 2.48. The van der Waals surface area contributed by atoms with Gasteiger partial charge < -0.3 is 0 Å². The molecule has 0 aliphatic heterocycles. The summed E-state index contributed by atoms with van der Waals surface area (Å²) in [5.41, 5.74) is 1.01. The zero-order valence-electron chi connectivity index (χ0n) is 8.24. The minimum Gasteiger partial charge on any atom is -0.261 e. The molecule has 0 N–H and O–H groups in total. The Kier molecular flexibility index (Phi) is 2.42. The molecule has 2 aromatic heterocycles. The van der Waals surface area contributed by atoms with Crippen LogP contribution in [0.4, 0.5) is 0 Å². The smallest absolute Gasteiger partial charge is 0.0883 e. The van der Waals surface area contributed by atoms with Crippen LogP contribution in [0.1, 0.15) is 26.3 Å². The summed E-state index contributed by atoms with van der Waals surface area (Å²) in [5.74, 6) is 0. The molecule has 0 amide bonds. The maximum atomic E-state index is 6.00. The van der Waals surface area contributed by atoms with E-state index in [1.807, 2.05) is 4.68 Å². The quantitative estimate of drug-likeness (QED) is 0.761. The van der Waals surface area contributed by atoms with Gasteiger partial charge in [0.15, 0.2) is 0 Å². The van der Waals surface area contributed by atoms with Gasteiger partial charge in [-0.2, -0.15) is 5.10 Å². The van der Waals surface area contributed by atoms with Crippen molar-refractivity contribution in [1.29, 1.82) is 0 Å². The van der Waals surface area contributed by atoms with Crippen LogP contribution >= 0.6 is 11.6 Å². The van der Waals surface area contributed by atoms with E-state index in [-0.39, 0.29) is 0 Å². The van der Waals surface area contributed by atoms with E-state index in [2.05, 4.69) is 23.9 Å². The number of rotatable bonds is 2. The summed E-state index contributed by atoms with van der Waals surface area (Å²) in [4.78, 5) is 4.07. The van der Waals surface area contributed by atoms with Crippen LogP contribution in [-0.2, 0) is 0 Å². The molecule has 1 atom stereocenters. The highest BCUT2D eigenvalue weighted by Gasteiger charge is 2.09. The van der Waals surface area contributed by atoms with Crippen LogP contribution < -0.4 is 0 Å². The molecular formula is C10H12ClN3. The van der Waals surface area contributed by atoms with Gasteiger partial charge in [-0.1, -0.05) is 18.5 Å². The first-order chi connectivity index (χ1) is 6.74. The average molecular weight is 210 g/mol. The second kappa shape index (κ2) is 3.58. The molecule has 1 unspecified atom stereocenters. The molecule has 0 aromatic carbocycles. The van der Waals surface area contributed by atoms with Crippen molar-refractivity contribution in [3.05, 3.63) is 23.6 Å². The largest absolute Gasteiger partial charge is 0.261 e. The molecule has 0 aliphatic rings. The van der Waals surface area contributed by atoms with Gasteiger partial charge in [0.25, 0.3) is 0 Å². The Morgan fingerprint density at radius 3 is 2.93 bits per heavy atom. The molecule has 14 heavy (non-hydrogen) atoms. The monoisotopic (exact) mass is 209 g/mol. The third kappa shape index (κ3) is 1.38. The molecular weight excluding hydrogens is 198 g/mol. The predicted molar refractivity (Wildman–Crippen MR) is 57.5 cm³/mol. The number of hydrogen-bond donors (Lipinski definition) is 0. The lowest BCUT2D eigenvalue weighted by atomic mass is 10.2. The van der Waals surface area contributed by atoms with Gasteiger partial charge in [0.1, 0.15) is 0 Å². The first kappa shape index (κ1) is 9.46. The number of halogens is 1. The summed E-state index contributed by atoms with van der Waals surface area (Å²) in [6.45, 7) is 4.27. The summed E-state index contributed by atoms with van der Waals surface area (Å²) in [6.07, 6.45) is 6.29. The van der Waals surface area contributed by atoms with E-state index in [1.54, 1.807) is 18.6 Å². The minimum absolute atomic E-state index is 0.382. The summed E-state index contributed by atoms with van der Waals surface area (Å²) < 4.78 is 1.97. The normalized spacial score (nSPS) is 13.4. The third-order valence-corrected chi connectivity index (χ3v) is 2.79. The molecule has 2 aromatic rings. The Balaban J connectivity index is 2.63. The van der Waals surface area contributed by atoms with Crippen molar-refractivity contribution < 1.29 is 0 Å². The van der Waals surface area contributed by atoms with E-state index in [9.17, 15) is 0 Å². The van der Waals surface area contributed by atoms with Gasteiger partial charge in [-0.05, 0) is 13.3 Å². The maximum Gasteiger partial charge on any atom is 0.0883 e. The van der Waals surface area contributed by atoms with Gasteiger partial charge >= 0.3 is 0 Å². The summed E-state index contributed by atoms with van der Waals surface area (Å²) >= 11 is 6.00. The number of pyridine rings is 1. The first-order valence-electron chi connectivity index (χ1n) is 4.70. The Bertz CT molecular complexity index is 450. The molecule has 0 bridgehead atoms. The Labute approximate surface area is 87.7 Å². The van der Waals surface area contributed by atoms with Crippen molar-refractivity contribution in [2.75, 3.05) is 0 Å². The molecule has 0 radical (unpaired) electrons. The van der Waals surface area contributed by atoms with E-state index in [0.29, 0.717) is 11.1 Å². The molecule has 0 spiro atoms. The van der Waals surface area contributed by atoms with Gasteiger partial charge in [0.2, 0.25) is 0 Å². The van der Waals surface area contributed by atoms with E-state index < -0.39 is 0 Å². The van der Waals surface area contributed by atoms with Crippen LogP contribution in [0, 0.1) is 0 Å². The second-order valence-electron chi connectivity index (χ2n) is 3.40. The van der Waals surface area contributed by atoms with Crippen LogP contribution in [-0.4, -0.2) is 14.8 Å². The highest BCUT2D eigenvalue weighted by molar-refractivity contribution is 6.35. The van der Waals surface area contributed by atoms with Crippen LogP contribution in [0.5, 0.6) is 0 Å². The van der Waals surface area contributed by atoms with Gasteiger partial charge in [-0.15, -0.1) is 0 Å². The lowest BCUT2D eigenvalue weighted by Gasteiger charge is -2.09. The molecule has 0 saturated heterocycles. The molecule has 3 nitrogen and oxygen atoms in total. The van der Waals surface area contributed by atoms with Crippen molar-refractivity contribution >= 4 is 22.5 Å². The van der Waals surface area contributed by atoms with E-state index >= 15 is 0 Å². The van der Waals surface area contributed by atoms with Crippen LogP contribution in [0.3, 0.4) is 0 Å². The number of nitrogens with zero attached hydrogens (tertiary/aromatic N) is 3. The lowest BCUT2D eigenvalue weighted by molar-refractivity contribution is 0.493.